The first kappa shape index (κ1) is 9.88. The average Bonchev–Trinajstić information content (AvgIpc) is 2.04. The first-order chi connectivity index (χ1) is 6.18. The van der Waals surface area contributed by atoms with Crippen LogP contribution in [0.25, 0.3) is 0 Å². The van der Waals surface area contributed by atoms with Gasteiger partial charge in [-0.05, 0) is 5.56 Å². The van der Waals surface area contributed by atoms with Gasteiger partial charge >= 0.3 is 17.3 Å². The van der Waals surface area contributed by atoms with Gasteiger partial charge < -0.3 is 4.18 Å². The van der Waals surface area contributed by atoms with Crippen LogP contribution in [0.2, 0.25) is 0 Å². The lowest BCUT2D eigenvalue weighted by Crippen LogP contribution is -2.09. The summed E-state index contributed by atoms with van der Waals surface area (Å²) in [7, 11) is 0. The van der Waals surface area contributed by atoms with E-state index in [1.165, 1.54) is 0 Å². The van der Waals surface area contributed by atoms with E-state index in [9.17, 15) is 9.00 Å². The summed E-state index contributed by atoms with van der Waals surface area (Å²) in [5.74, 6) is -0.716. The predicted octanol–water partition coefficient (Wildman–Crippen LogP) is 0.909. The highest BCUT2D eigenvalue weighted by Gasteiger charge is 2.06. The number of carbonyl (C=O) groups is 1. The fraction of sp³-hybridized carbons (Fsp3) is 0.125. The minimum atomic E-state index is -2.52. The zero-order chi connectivity index (χ0) is 9.68. The first-order valence-electron chi connectivity index (χ1n) is 3.54. The largest absolute Gasteiger partial charge is 0.360 e. The van der Waals surface area contributed by atoms with Gasteiger partial charge in [0.05, 0.1) is 6.42 Å². The van der Waals surface area contributed by atoms with Gasteiger partial charge in [-0.2, -0.15) is 4.21 Å². The molecular formula is C8H8O4S. The van der Waals surface area contributed by atoms with Crippen molar-refractivity contribution in [1.82, 2.24) is 0 Å². The second-order valence-corrected chi connectivity index (χ2v) is 2.94. The molecule has 0 aliphatic carbocycles. The summed E-state index contributed by atoms with van der Waals surface area (Å²) >= 11 is -2.52. The van der Waals surface area contributed by atoms with E-state index in [0.717, 1.165) is 5.56 Å². The lowest BCUT2D eigenvalue weighted by Gasteiger charge is -1.98. The molecule has 0 saturated heterocycles. The minimum Gasteiger partial charge on any atom is -0.343 e. The average molecular weight is 200 g/mol. The molecule has 0 heterocycles. The molecule has 0 aromatic heterocycles. The van der Waals surface area contributed by atoms with Crippen LogP contribution in [-0.4, -0.2) is 14.7 Å². The molecule has 0 aliphatic heterocycles. The van der Waals surface area contributed by atoms with Gasteiger partial charge in [-0.15, -0.1) is 0 Å². The Balaban J connectivity index is 2.50. The molecule has 1 aromatic carbocycles. The second-order valence-electron chi connectivity index (χ2n) is 2.33. The molecule has 0 amide bonds. The maximum absolute atomic E-state index is 10.8. The van der Waals surface area contributed by atoms with Gasteiger partial charge in [0.2, 0.25) is 0 Å². The van der Waals surface area contributed by atoms with E-state index in [0.29, 0.717) is 0 Å². The number of hydrogen-bond acceptors (Lipinski definition) is 3. The van der Waals surface area contributed by atoms with E-state index in [2.05, 4.69) is 4.18 Å². The summed E-state index contributed by atoms with van der Waals surface area (Å²) < 4.78 is 22.3. The molecule has 1 unspecified atom stereocenters. The van der Waals surface area contributed by atoms with Crippen LogP contribution in [0.5, 0.6) is 0 Å². The smallest absolute Gasteiger partial charge is 0.343 e. The van der Waals surface area contributed by atoms with Crippen LogP contribution in [0, 0.1) is 0 Å². The standard InChI is InChI=1S/C8H8O4S/c9-8(12-13(10)11)6-7-4-2-1-3-5-7/h1-5H,6H2,(H,10,11). The number of carbonyl (C=O) groups excluding carboxylic acids is 1. The van der Waals surface area contributed by atoms with Crippen molar-refractivity contribution >= 4 is 17.3 Å². The van der Waals surface area contributed by atoms with Crippen LogP contribution in [0.3, 0.4) is 0 Å². The molecule has 1 rings (SSSR count). The van der Waals surface area contributed by atoms with Crippen LogP contribution in [0.15, 0.2) is 30.3 Å². The molecule has 13 heavy (non-hydrogen) atoms. The number of rotatable bonds is 3. The molecule has 0 fully saturated rings. The molecule has 0 spiro atoms. The molecule has 70 valence electrons. The summed E-state index contributed by atoms with van der Waals surface area (Å²) in [6.45, 7) is 0. The van der Waals surface area contributed by atoms with Gasteiger partial charge in [-0.1, -0.05) is 30.3 Å². The molecule has 1 N–H and O–H groups in total. The van der Waals surface area contributed by atoms with Gasteiger partial charge in [0.15, 0.2) is 0 Å². The van der Waals surface area contributed by atoms with Crippen molar-refractivity contribution in [2.75, 3.05) is 0 Å². The zero-order valence-electron chi connectivity index (χ0n) is 6.67. The summed E-state index contributed by atoms with van der Waals surface area (Å²) in [5, 5.41) is 0. The third kappa shape index (κ3) is 3.82. The summed E-state index contributed by atoms with van der Waals surface area (Å²) in [6, 6.07) is 8.85. The van der Waals surface area contributed by atoms with E-state index in [1.807, 2.05) is 6.07 Å². The number of hydrogen-bond donors (Lipinski definition) is 1. The fourth-order valence-electron chi connectivity index (χ4n) is 0.872. The van der Waals surface area contributed by atoms with Crippen molar-refractivity contribution in [3.63, 3.8) is 0 Å². The van der Waals surface area contributed by atoms with Crippen molar-refractivity contribution in [2.45, 2.75) is 6.42 Å². The molecule has 0 bridgehead atoms. The number of benzene rings is 1. The SMILES string of the molecule is O=C(Cc1ccccc1)OS(=O)O. The lowest BCUT2D eigenvalue weighted by atomic mass is 10.2. The Morgan fingerprint density at radius 1 is 1.38 bits per heavy atom. The monoisotopic (exact) mass is 200 g/mol. The Kier molecular flexibility index (Phi) is 3.60. The summed E-state index contributed by atoms with van der Waals surface area (Å²) in [6.07, 6.45) is 0.00708. The fourth-order valence-corrected chi connectivity index (χ4v) is 1.09. The molecule has 4 nitrogen and oxygen atoms in total. The zero-order valence-corrected chi connectivity index (χ0v) is 7.49. The van der Waals surface area contributed by atoms with Gasteiger partial charge in [0, 0.05) is 0 Å². The summed E-state index contributed by atoms with van der Waals surface area (Å²) in [4.78, 5) is 10.8. The molecular weight excluding hydrogens is 192 g/mol. The molecule has 0 aliphatic rings. The van der Waals surface area contributed by atoms with Crippen LogP contribution >= 0.6 is 0 Å². The second kappa shape index (κ2) is 4.74. The Morgan fingerprint density at radius 3 is 2.54 bits per heavy atom. The Hall–Kier alpha value is -1.20. The molecule has 1 aromatic rings. The van der Waals surface area contributed by atoms with Crippen LogP contribution in [-0.2, 0) is 26.8 Å². The molecule has 0 radical (unpaired) electrons. The normalized spacial score (nSPS) is 12.1. The maximum Gasteiger partial charge on any atom is 0.360 e. The third-order valence-corrected chi connectivity index (χ3v) is 1.68. The molecule has 0 saturated carbocycles. The van der Waals surface area contributed by atoms with Crippen molar-refractivity contribution < 1.29 is 17.7 Å². The predicted molar refractivity (Wildman–Crippen MR) is 47.0 cm³/mol. The van der Waals surface area contributed by atoms with E-state index >= 15 is 0 Å². The van der Waals surface area contributed by atoms with Gasteiger partial charge in [-0.3, -0.25) is 9.35 Å². The Labute approximate surface area is 78.0 Å². The van der Waals surface area contributed by atoms with Crippen molar-refractivity contribution in [3.8, 4) is 0 Å². The highest BCUT2D eigenvalue weighted by atomic mass is 32.2. The van der Waals surface area contributed by atoms with Gasteiger partial charge in [-0.25, -0.2) is 0 Å². The topological polar surface area (TPSA) is 63.6 Å². The van der Waals surface area contributed by atoms with E-state index in [4.69, 9.17) is 4.55 Å². The van der Waals surface area contributed by atoms with E-state index < -0.39 is 17.3 Å². The Bertz CT molecular complexity index is 309. The highest BCUT2D eigenvalue weighted by molar-refractivity contribution is 7.74. The van der Waals surface area contributed by atoms with Crippen LogP contribution < -0.4 is 0 Å². The van der Waals surface area contributed by atoms with Crippen molar-refractivity contribution in [2.24, 2.45) is 0 Å². The molecule has 1 atom stereocenters. The van der Waals surface area contributed by atoms with Crippen molar-refractivity contribution in [1.29, 1.82) is 0 Å². The lowest BCUT2D eigenvalue weighted by molar-refractivity contribution is -0.133. The minimum absolute atomic E-state index is 0.00708. The first-order valence-corrected chi connectivity index (χ1v) is 4.57. The highest BCUT2D eigenvalue weighted by Crippen LogP contribution is 2.00. The van der Waals surface area contributed by atoms with Crippen LogP contribution in [0.1, 0.15) is 5.56 Å². The van der Waals surface area contributed by atoms with Gasteiger partial charge in [0.25, 0.3) is 0 Å². The van der Waals surface area contributed by atoms with E-state index in [1.54, 1.807) is 24.3 Å². The summed E-state index contributed by atoms with van der Waals surface area (Å²) in [5.41, 5.74) is 0.748. The third-order valence-electron chi connectivity index (χ3n) is 1.36. The van der Waals surface area contributed by atoms with Crippen LogP contribution in [0.4, 0.5) is 0 Å². The van der Waals surface area contributed by atoms with Crippen molar-refractivity contribution in [3.05, 3.63) is 35.9 Å². The molecule has 5 heteroatoms. The Morgan fingerprint density at radius 2 is 2.00 bits per heavy atom. The quantitative estimate of drug-likeness (QED) is 0.736. The van der Waals surface area contributed by atoms with Gasteiger partial charge in [0.1, 0.15) is 0 Å². The van der Waals surface area contributed by atoms with E-state index in [-0.39, 0.29) is 6.42 Å². The maximum atomic E-state index is 10.8.